The molecule has 0 bridgehead atoms. The molecule has 3 rings (SSSR count). The number of anilines is 1. The molecule has 160 valence electrons. The zero-order valence-electron chi connectivity index (χ0n) is 17.0. The number of nitrogens with one attached hydrogen (secondary N) is 3. The van der Waals surface area contributed by atoms with Gasteiger partial charge in [-0.2, -0.15) is 0 Å². The van der Waals surface area contributed by atoms with Gasteiger partial charge >= 0.3 is 6.03 Å². The molecule has 7 nitrogen and oxygen atoms in total. The number of halogens is 1. The molecule has 0 spiro atoms. The van der Waals surface area contributed by atoms with Crippen LogP contribution in [0.2, 0.25) is 0 Å². The van der Waals surface area contributed by atoms with Crippen molar-refractivity contribution in [1.82, 2.24) is 15.5 Å². The Kier molecular flexibility index (Phi) is 7.75. The average Bonchev–Trinajstić information content (AvgIpc) is 2.75. The largest absolute Gasteiger partial charge is 0.374 e. The van der Waals surface area contributed by atoms with Gasteiger partial charge in [0, 0.05) is 38.9 Å². The first-order chi connectivity index (χ1) is 14.5. The van der Waals surface area contributed by atoms with Crippen LogP contribution in [0.4, 0.5) is 14.9 Å². The molecular formula is C22H27FN4O3. The fourth-order valence-electron chi connectivity index (χ4n) is 3.27. The molecule has 8 heteroatoms. The highest BCUT2D eigenvalue weighted by Crippen LogP contribution is 2.12. The normalized spacial score (nSPS) is 16.7. The zero-order chi connectivity index (χ0) is 21.3. The lowest BCUT2D eigenvalue weighted by atomic mass is 10.1. The fraction of sp³-hybridized carbons (Fsp3) is 0.364. The van der Waals surface area contributed by atoms with Crippen LogP contribution in [0, 0.1) is 5.82 Å². The van der Waals surface area contributed by atoms with Crippen molar-refractivity contribution in [3.8, 4) is 0 Å². The maximum Gasteiger partial charge on any atom is 0.318 e. The van der Waals surface area contributed by atoms with Crippen LogP contribution in [0.15, 0.2) is 48.5 Å². The number of ether oxygens (including phenoxy) is 1. The van der Waals surface area contributed by atoms with Crippen LogP contribution in [-0.2, 0) is 22.5 Å². The van der Waals surface area contributed by atoms with Crippen molar-refractivity contribution in [2.75, 3.05) is 38.6 Å². The SMILES string of the molecule is CNC(=O)Nc1ccc(CC(=O)NCC2CN(Cc3ccc(F)cc3)CCO2)cc1. The summed E-state index contributed by atoms with van der Waals surface area (Å²) >= 11 is 0. The van der Waals surface area contributed by atoms with E-state index in [4.69, 9.17) is 4.74 Å². The average molecular weight is 414 g/mol. The smallest absolute Gasteiger partial charge is 0.318 e. The van der Waals surface area contributed by atoms with E-state index in [0.717, 1.165) is 24.2 Å². The maximum atomic E-state index is 13.1. The monoisotopic (exact) mass is 414 g/mol. The molecule has 1 fully saturated rings. The summed E-state index contributed by atoms with van der Waals surface area (Å²) in [6.45, 7) is 3.27. The molecule has 0 aromatic heterocycles. The first kappa shape index (κ1) is 21.7. The van der Waals surface area contributed by atoms with Gasteiger partial charge in [0.1, 0.15) is 5.82 Å². The van der Waals surface area contributed by atoms with E-state index in [9.17, 15) is 14.0 Å². The Morgan fingerprint density at radius 1 is 1.10 bits per heavy atom. The summed E-state index contributed by atoms with van der Waals surface area (Å²) in [6.07, 6.45) is 0.175. The second kappa shape index (κ2) is 10.7. The molecule has 0 aliphatic carbocycles. The molecule has 1 saturated heterocycles. The third kappa shape index (κ3) is 6.82. The van der Waals surface area contributed by atoms with Gasteiger partial charge in [-0.25, -0.2) is 9.18 Å². The van der Waals surface area contributed by atoms with E-state index in [1.54, 1.807) is 31.3 Å². The second-order valence-electron chi connectivity index (χ2n) is 7.24. The van der Waals surface area contributed by atoms with Crippen LogP contribution in [0.1, 0.15) is 11.1 Å². The number of benzene rings is 2. The number of hydrogen-bond acceptors (Lipinski definition) is 4. The Morgan fingerprint density at radius 3 is 2.50 bits per heavy atom. The predicted molar refractivity (Wildman–Crippen MR) is 113 cm³/mol. The number of carbonyl (C=O) groups is 2. The molecule has 1 aliphatic heterocycles. The van der Waals surface area contributed by atoms with Gasteiger partial charge in [-0.1, -0.05) is 24.3 Å². The van der Waals surface area contributed by atoms with Crippen molar-refractivity contribution in [2.45, 2.75) is 19.1 Å². The van der Waals surface area contributed by atoms with E-state index in [2.05, 4.69) is 20.9 Å². The first-order valence-electron chi connectivity index (χ1n) is 9.94. The van der Waals surface area contributed by atoms with Gasteiger partial charge in [-0.05, 0) is 35.4 Å². The van der Waals surface area contributed by atoms with Crippen molar-refractivity contribution >= 4 is 17.6 Å². The number of amides is 3. The Labute approximate surface area is 175 Å². The highest BCUT2D eigenvalue weighted by atomic mass is 19.1. The predicted octanol–water partition coefficient (Wildman–Crippen LogP) is 2.14. The molecule has 0 saturated carbocycles. The molecule has 1 heterocycles. The number of hydrogen-bond donors (Lipinski definition) is 3. The Hall–Kier alpha value is -2.97. The number of morpholine rings is 1. The van der Waals surface area contributed by atoms with Gasteiger partial charge in [0.15, 0.2) is 0 Å². The zero-order valence-corrected chi connectivity index (χ0v) is 17.0. The number of carbonyl (C=O) groups excluding carboxylic acids is 2. The molecule has 1 unspecified atom stereocenters. The lowest BCUT2D eigenvalue weighted by molar-refractivity contribution is -0.121. The molecule has 2 aromatic rings. The van der Waals surface area contributed by atoms with Gasteiger partial charge < -0.3 is 20.7 Å². The van der Waals surface area contributed by atoms with Crippen molar-refractivity contribution in [3.63, 3.8) is 0 Å². The minimum Gasteiger partial charge on any atom is -0.374 e. The minimum absolute atomic E-state index is 0.0812. The maximum absolute atomic E-state index is 13.1. The van der Waals surface area contributed by atoms with Crippen LogP contribution in [0.5, 0.6) is 0 Å². The van der Waals surface area contributed by atoms with E-state index in [1.807, 2.05) is 12.1 Å². The Bertz CT molecular complexity index is 842. The van der Waals surface area contributed by atoms with Gasteiger partial charge in [0.05, 0.1) is 19.1 Å². The van der Waals surface area contributed by atoms with Gasteiger partial charge in [0.25, 0.3) is 0 Å². The van der Waals surface area contributed by atoms with Crippen molar-refractivity contribution in [2.24, 2.45) is 0 Å². The second-order valence-corrected chi connectivity index (χ2v) is 7.24. The van der Waals surface area contributed by atoms with E-state index in [1.165, 1.54) is 12.1 Å². The lowest BCUT2D eigenvalue weighted by Crippen LogP contribution is -2.47. The summed E-state index contributed by atoms with van der Waals surface area (Å²) < 4.78 is 18.8. The highest BCUT2D eigenvalue weighted by Gasteiger charge is 2.21. The molecule has 30 heavy (non-hydrogen) atoms. The van der Waals surface area contributed by atoms with E-state index < -0.39 is 0 Å². The fourth-order valence-corrected chi connectivity index (χ4v) is 3.27. The molecule has 3 N–H and O–H groups in total. The minimum atomic E-state index is -0.290. The summed E-state index contributed by atoms with van der Waals surface area (Å²) in [5.74, 6) is -0.319. The van der Waals surface area contributed by atoms with Crippen LogP contribution in [0.25, 0.3) is 0 Å². The van der Waals surface area contributed by atoms with Crippen LogP contribution < -0.4 is 16.0 Å². The van der Waals surface area contributed by atoms with Crippen LogP contribution in [0.3, 0.4) is 0 Å². The number of rotatable bonds is 7. The first-order valence-corrected chi connectivity index (χ1v) is 9.94. The summed E-state index contributed by atoms with van der Waals surface area (Å²) in [7, 11) is 1.55. The standard InChI is InChI=1S/C22H27FN4O3/c1-24-22(29)26-19-8-4-16(5-9-19)12-21(28)25-13-20-15-27(10-11-30-20)14-17-2-6-18(23)7-3-17/h2-9,20H,10-15H2,1H3,(H,25,28)(H2,24,26,29). The third-order valence-corrected chi connectivity index (χ3v) is 4.87. The third-order valence-electron chi connectivity index (χ3n) is 4.87. The quantitative estimate of drug-likeness (QED) is 0.648. The molecule has 0 radical (unpaired) electrons. The summed E-state index contributed by atoms with van der Waals surface area (Å²) in [5, 5.41) is 8.09. The van der Waals surface area contributed by atoms with E-state index in [-0.39, 0.29) is 30.3 Å². The topological polar surface area (TPSA) is 82.7 Å². The molecule has 2 aromatic carbocycles. The summed E-state index contributed by atoms with van der Waals surface area (Å²) in [4.78, 5) is 25.8. The van der Waals surface area contributed by atoms with Crippen molar-refractivity contribution in [3.05, 3.63) is 65.5 Å². The van der Waals surface area contributed by atoms with Crippen molar-refractivity contribution < 1.29 is 18.7 Å². The van der Waals surface area contributed by atoms with Crippen LogP contribution >= 0.6 is 0 Å². The van der Waals surface area contributed by atoms with E-state index in [0.29, 0.717) is 25.4 Å². The van der Waals surface area contributed by atoms with Crippen molar-refractivity contribution in [1.29, 1.82) is 0 Å². The van der Waals surface area contributed by atoms with Gasteiger partial charge in [0.2, 0.25) is 5.91 Å². The number of urea groups is 1. The van der Waals surface area contributed by atoms with Gasteiger partial charge in [-0.15, -0.1) is 0 Å². The number of nitrogens with zero attached hydrogens (tertiary/aromatic N) is 1. The van der Waals surface area contributed by atoms with E-state index >= 15 is 0 Å². The summed E-state index contributed by atoms with van der Waals surface area (Å²) in [6, 6.07) is 13.4. The highest BCUT2D eigenvalue weighted by molar-refractivity contribution is 5.89. The van der Waals surface area contributed by atoms with Crippen LogP contribution in [-0.4, -0.2) is 56.2 Å². The molecule has 1 atom stereocenters. The Morgan fingerprint density at radius 2 is 1.80 bits per heavy atom. The molecule has 1 aliphatic rings. The summed E-state index contributed by atoms with van der Waals surface area (Å²) in [5.41, 5.74) is 2.57. The Balaban J connectivity index is 1.41. The lowest BCUT2D eigenvalue weighted by Gasteiger charge is -2.33. The molecular weight excluding hydrogens is 387 g/mol. The van der Waals surface area contributed by atoms with Gasteiger partial charge in [-0.3, -0.25) is 9.69 Å². The molecule has 3 amide bonds.